The smallest absolute Gasteiger partial charge is 0.125 e. The van der Waals surface area contributed by atoms with Gasteiger partial charge in [0, 0.05) is 24.8 Å². The fourth-order valence-corrected chi connectivity index (χ4v) is 3.48. The summed E-state index contributed by atoms with van der Waals surface area (Å²) in [5.41, 5.74) is 2.34. The van der Waals surface area contributed by atoms with Gasteiger partial charge >= 0.3 is 0 Å². The average Bonchev–Trinajstić information content (AvgIpc) is 3.06. The highest BCUT2D eigenvalue weighted by atomic mass is 19.1. The predicted molar refractivity (Wildman–Crippen MR) is 99.6 cm³/mol. The Labute approximate surface area is 154 Å². The topological polar surface area (TPSA) is 41.5 Å². The highest BCUT2D eigenvalue weighted by molar-refractivity contribution is 5.23. The van der Waals surface area contributed by atoms with Crippen molar-refractivity contribution in [2.45, 2.75) is 32.4 Å². The second kappa shape index (κ2) is 8.56. The maximum atomic E-state index is 13.0. The van der Waals surface area contributed by atoms with Crippen LogP contribution in [-0.4, -0.2) is 53.6 Å². The molecule has 0 unspecified atom stereocenters. The van der Waals surface area contributed by atoms with Gasteiger partial charge < -0.3 is 9.64 Å². The molecular weight excluding hydrogens is 331 g/mol. The molecule has 26 heavy (non-hydrogen) atoms. The first-order valence-corrected chi connectivity index (χ1v) is 9.12. The highest BCUT2D eigenvalue weighted by Crippen LogP contribution is 2.32. The fourth-order valence-electron chi connectivity index (χ4n) is 3.48. The fraction of sp³-hybridized carbons (Fsp3) is 0.500. The number of nitrogens with zero attached hydrogens (tertiary/aromatic N) is 4. The molecular formula is C20H27FN4O. The molecule has 2 heterocycles. The standard InChI is InChI=1S/C20H27FN4O/c1-15-22-13-16(14-24(2)3)20(23-15)19-5-4-10-25(19)11-12-26-18-8-6-17(21)7-9-18/h6-9,13,19H,4-5,10-12,14H2,1-3H3/t19-/m1/s1. The Morgan fingerprint density at radius 1 is 1.27 bits per heavy atom. The van der Waals surface area contributed by atoms with E-state index in [1.165, 1.54) is 17.7 Å². The summed E-state index contributed by atoms with van der Waals surface area (Å²) in [5, 5.41) is 0. The summed E-state index contributed by atoms with van der Waals surface area (Å²) in [5.74, 6) is 1.27. The van der Waals surface area contributed by atoms with E-state index >= 15 is 0 Å². The lowest BCUT2D eigenvalue weighted by Gasteiger charge is -2.26. The number of benzene rings is 1. The van der Waals surface area contributed by atoms with Crippen molar-refractivity contribution >= 4 is 0 Å². The molecule has 1 saturated heterocycles. The molecule has 6 heteroatoms. The van der Waals surface area contributed by atoms with Gasteiger partial charge in [0.2, 0.25) is 0 Å². The zero-order valence-electron chi connectivity index (χ0n) is 15.8. The molecule has 1 aliphatic heterocycles. The van der Waals surface area contributed by atoms with Crippen LogP contribution in [-0.2, 0) is 6.54 Å². The Kier molecular flexibility index (Phi) is 6.16. The quantitative estimate of drug-likeness (QED) is 0.760. The first-order chi connectivity index (χ1) is 12.5. The molecule has 0 spiro atoms. The van der Waals surface area contributed by atoms with E-state index in [0.717, 1.165) is 44.0 Å². The zero-order chi connectivity index (χ0) is 18.5. The lowest BCUT2D eigenvalue weighted by atomic mass is 10.1. The molecule has 1 aromatic heterocycles. The second-order valence-corrected chi connectivity index (χ2v) is 7.06. The highest BCUT2D eigenvalue weighted by Gasteiger charge is 2.29. The minimum atomic E-state index is -0.246. The van der Waals surface area contributed by atoms with Crippen molar-refractivity contribution in [3.05, 3.63) is 53.4 Å². The van der Waals surface area contributed by atoms with Crippen LogP contribution in [0.15, 0.2) is 30.5 Å². The molecule has 1 aliphatic rings. The van der Waals surface area contributed by atoms with Crippen molar-refractivity contribution < 1.29 is 9.13 Å². The van der Waals surface area contributed by atoms with Gasteiger partial charge in [-0.05, 0) is 64.7 Å². The Bertz CT molecular complexity index is 720. The minimum absolute atomic E-state index is 0.246. The predicted octanol–water partition coefficient (Wildman–Crippen LogP) is 3.20. The number of halogens is 1. The molecule has 3 rings (SSSR count). The van der Waals surface area contributed by atoms with Crippen LogP contribution >= 0.6 is 0 Å². The van der Waals surface area contributed by atoms with Gasteiger partial charge in [0.05, 0.1) is 11.7 Å². The summed E-state index contributed by atoms with van der Waals surface area (Å²) >= 11 is 0. The largest absolute Gasteiger partial charge is 0.492 e. The van der Waals surface area contributed by atoms with Gasteiger partial charge in [0.15, 0.2) is 0 Å². The Morgan fingerprint density at radius 3 is 2.77 bits per heavy atom. The first-order valence-electron chi connectivity index (χ1n) is 9.12. The summed E-state index contributed by atoms with van der Waals surface area (Å²) in [6.45, 7) is 5.23. The van der Waals surface area contributed by atoms with E-state index < -0.39 is 0 Å². The third-order valence-corrected chi connectivity index (χ3v) is 4.65. The van der Waals surface area contributed by atoms with Crippen LogP contribution in [0.3, 0.4) is 0 Å². The SMILES string of the molecule is Cc1ncc(CN(C)C)c([C@H]2CCCN2CCOc2ccc(F)cc2)n1. The van der Waals surface area contributed by atoms with Crippen molar-refractivity contribution in [1.29, 1.82) is 0 Å². The number of hydrogen-bond donors (Lipinski definition) is 0. The van der Waals surface area contributed by atoms with E-state index in [1.807, 2.05) is 13.1 Å². The van der Waals surface area contributed by atoms with Gasteiger partial charge in [-0.15, -0.1) is 0 Å². The van der Waals surface area contributed by atoms with Crippen molar-refractivity contribution in [2.75, 3.05) is 33.8 Å². The molecule has 0 bridgehead atoms. The van der Waals surface area contributed by atoms with Crippen molar-refractivity contribution in [2.24, 2.45) is 0 Å². The van der Waals surface area contributed by atoms with E-state index in [2.05, 4.69) is 28.9 Å². The zero-order valence-corrected chi connectivity index (χ0v) is 15.8. The lowest BCUT2D eigenvalue weighted by Crippen LogP contribution is -2.30. The van der Waals surface area contributed by atoms with E-state index in [-0.39, 0.29) is 5.82 Å². The first kappa shape index (κ1) is 18.7. The van der Waals surface area contributed by atoms with E-state index in [9.17, 15) is 4.39 Å². The molecule has 140 valence electrons. The Balaban J connectivity index is 1.66. The van der Waals surface area contributed by atoms with Crippen LogP contribution in [0.2, 0.25) is 0 Å². The molecule has 0 radical (unpaired) electrons. The summed E-state index contributed by atoms with van der Waals surface area (Å²) in [6.07, 6.45) is 4.22. The van der Waals surface area contributed by atoms with Crippen molar-refractivity contribution in [3.8, 4) is 5.75 Å². The van der Waals surface area contributed by atoms with Crippen LogP contribution in [0.4, 0.5) is 4.39 Å². The summed E-state index contributed by atoms with van der Waals surface area (Å²) in [7, 11) is 4.12. The molecule has 1 aromatic carbocycles. The number of aromatic nitrogens is 2. The average molecular weight is 358 g/mol. The molecule has 0 amide bonds. The van der Waals surface area contributed by atoms with Gasteiger partial charge in [-0.1, -0.05) is 0 Å². The van der Waals surface area contributed by atoms with Gasteiger partial charge in [-0.25, -0.2) is 14.4 Å². The summed E-state index contributed by atoms with van der Waals surface area (Å²) < 4.78 is 18.8. The number of aryl methyl sites for hydroxylation is 1. The second-order valence-electron chi connectivity index (χ2n) is 7.06. The molecule has 5 nitrogen and oxygen atoms in total. The normalized spacial score (nSPS) is 17.8. The summed E-state index contributed by atoms with van der Waals surface area (Å²) in [4.78, 5) is 13.7. The van der Waals surface area contributed by atoms with Gasteiger partial charge in [0.25, 0.3) is 0 Å². The number of likely N-dealkylation sites (tertiary alicyclic amines) is 1. The monoisotopic (exact) mass is 358 g/mol. The third kappa shape index (κ3) is 4.77. The van der Waals surface area contributed by atoms with Gasteiger partial charge in [0.1, 0.15) is 24.0 Å². The van der Waals surface area contributed by atoms with Gasteiger partial charge in [-0.2, -0.15) is 0 Å². The minimum Gasteiger partial charge on any atom is -0.492 e. The lowest BCUT2D eigenvalue weighted by molar-refractivity contribution is 0.194. The maximum absolute atomic E-state index is 13.0. The van der Waals surface area contributed by atoms with Crippen molar-refractivity contribution in [3.63, 3.8) is 0 Å². The van der Waals surface area contributed by atoms with E-state index in [4.69, 9.17) is 9.72 Å². The molecule has 0 N–H and O–H groups in total. The van der Waals surface area contributed by atoms with Gasteiger partial charge in [-0.3, -0.25) is 4.90 Å². The number of rotatable bonds is 7. The van der Waals surface area contributed by atoms with E-state index in [0.29, 0.717) is 18.4 Å². The van der Waals surface area contributed by atoms with Crippen LogP contribution in [0, 0.1) is 12.7 Å². The molecule has 0 aliphatic carbocycles. The number of ether oxygens (including phenoxy) is 1. The molecule has 1 fully saturated rings. The Morgan fingerprint density at radius 2 is 2.04 bits per heavy atom. The summed E-state index contributed by atoms with van der Waals surface area (Å²) in [6, 6.07) is 6.49. The third-order valence-electron chi connectivity index (χ3n) is 4.65. The maximum Gasteiger partial charge on any atom is 0.125 e. The Hall–Kier alpha value is -2.05. The van der Waals surface area contributed by atoms with Crippen LogP contribution in [0.25, 0.3) is 0 Å². The molecule has 2 aromatic rings. The van der Waals surface area contributed by atoms with Crippen LogP contribution in [0.5, 0.6) is 5.75 Å². The van der Waals surface area contributed by atoms with Crippen LogP contribution < -0.4 is 4.74 Å². The van der Waals surface area contributed by atoms with E-state index in [1.54, 1.807) is 12.1 Å². The molecule has 0 saturated carbocycles. The van der Waals surface area contributed by atoms with Crippen molar-refractivity contribution in [1.82, 2.24) is 19.8 Å². The van der Waals surface area contributed by atoms with Crippen LogP contribution in [0.1, 0.15) is 36.0 Å². The molecule has 1 atom stereocenters. The number of hydrogen-bond acceptors (Lipinski definition) is 5.